The average Bonchev–Trinajstić information content (AvgIpc) is 2.29. The highest BCUT2D eigenvalue weighted by Crippen LogP contribution is 2.18. The van der Waals surface area contributed by atoms with E-state index in [0.717, 1.165) is 24.4 Å². The standard InChI is InChI=1S/C13H21NO2/c1-13(2,16-4)8-9-14-11-6-5-7-12(10-11)15-3/h5-7,10,14H,8-9H2,1-4H3. The Labute approximate surface area is 97.8 Å². The van der Waals surface area contributed by atoms with Crippen LogP contribution in [0.4, 0.5) is 5.69 Å². The number of ether oxygens (including phenoxy) is 2. The largest absolute Gasteiger partial charge is 0.497 e. The highest BCUT2D eigenvalue weighted by atomic mass is 16.5. The molecule has 0 radical (unpaired) electrons. The minimum absolute atomic E-state index is 0.0775. The number of hydrogen-bond acceptors (Lipinski definition) is 3. The van der Waals surface area contributed by atoms with E-state index in [1.807, 2.05) is 24.3 Å². The van der Waals surface area contributed by atoms with Crippen molar-refractivity contribution in [3.63, 3.8) is 0 Å². The first-order valence-corrected chi connectivity index (χ1v) is 5.50. The summed E-state index contributed by atoms with van der Waals surface area (Å²) in [4.78, 5) is 0. The van der Waals surface area contributed by atoms with Gasteiger partial charge in [-0.2, -0.15) is 0 Å². The highest BCUT2D eigenvalue weighted by Gasteiger charge is 2.15. The molecule has 1 N–H and O–H groups in total. The molecule has 0 bridgehead atoms. The molecule has 0 amide bonds. The molecule has 0 heterocycles. The van der Waals surface area contributed by atoms with Crippen LogP contribution >= 0.6 is 0 Å². The zero-order valence-electron chi connectivity index (χ0n) is 10.5. The fourth-order valence-electron chi connectivity index (χ4n) is 1.34. The van der Waals surface area contributed by atoms with Gasteiger partial charge in [-0.25, -0.2) is 0 Å². The smallest absolute Gasteiger partial charge is 0.120 e. The third kappa shape index (κ3) is 4.11. The third-order valence-electron chi connectivity index (χ3n) is 2.68. The second kappa shape index (κ2) is 5.75. The van der Waals surface area contributed by atoms with Crippen LogP contribution in [-0.2, 0) is 4.74 Å². The lowest BCUT2D eigenvalue weighted by Gasteiger charge is -2.23. The lowest BCUT2D eigenvalue weighted by molar-refractivity contribution is 0.0185. The molecule has 1 rings (SSSR count). The van der Waals surface area contributed by atoms with Crippen LogP contribution < -0.4 is 10.1 Å². The Morgan fingerprint density at radius 2 is 2.00 bits per heavy atom. The van der Waals surface area contributed by atoms with E-state index in [4.69, 9.17) is 9.47 Å². The van der Waals surface area contributed by atoms with Gasteiger partial charge in [0.15, 0.2) is 0 Å². The predicted octanol–water partition coefficient (Wildman–Crippen LogP) is 2.92. The van der Waals surface area contributed by atoms with Gasteiger partial charge in [-0.1, -0.05) is 6.07 Å². The highest BCUT2D eigenvalue weighted by molar-refractivity contribution is 5.48. The van der Waals surface area contributed by atoms with Gasteiger partial charge < -0.3 is 14.8 Å². The molecule has 0 fully saturated rings. The minimum atomic E-state index is -0.0775. The van der Waals surface area contributed by atoms with Crippen molar-refractivity contribution in [2.75, 3.05) is 26.1 Å². The van der Waals surface area contributed by atoms with Gasteiger partial charge in [-0.05, 0) is 32.4 Å². The molecule has 0 aliphatic rings. The summed E-state index contributed by atoms with van der Waals surface area (Å²) in [7, 11) is 3.42. The van der Waals surface area contributed by atoms with E-state index >= 15 is 0 Å². The second-order valence-electron chi connectivity index (χ2n) is 4.37. The number of hydrogen-bond donors (Lipinski definition) is 1. The Balaban J connectivity index is 2.42. The first kappa shape index (κ1) is 12.8. The number of anilines is 1. The van der Waals surface area contributed by atoms with E-state index in [1.54, 1.807) is 14.2 Å². The van der Waals surface area contributed by atoms with Crippen molar-refractivity contribution >= 4 is 5.69 Å². The fraction of sp³-hybridized carbons (Fsp3) is 0.538. The molecule has 0 atom stereocenters. The third-order valence-corrected chi connectivity index (χ3v) is 2.68. The van der Waals surface area contributed by atoms with Crippen molar-refractivity contribution in [2.24, 2.45) is 0 Å². The van der Waals surface area contributed by atoms with E-state index in [-0.39, 0.29) is 5.60 Å². The van der Waals surface area contributed by atoms with Crippen molar-refractivity contribution in [3.05, 3.63) is 24.3 Å². The molecule has 0 aromatic heterocycles. The molecular formula is C13H21NO2. The zero-order valence-corrected chi connectivity index (χ0v) is 10.5. The molecule has 0 saturated heterocycles. The Morgan fingerprint density at radius 1 is 1.25 bits per heavy atom. The van der Waals surface area contributed by atoms with Gasteiger partial charge in [0.2, 0.25) is 0 Å². The predicted molar refractivity (Wildman–Crippen MR) is 67.2 cm³/mol. The molecule has 0 spiro atoms. The summed E-state index contributed by atoms with van der Waals surface area (Å²) in [6.07, 6.45) is 0.959. The van der Waals surface area contributed by atoms with E-state index in [0.29, 0.717) is 0 Å². The van der Waals surface area contributed by atoms with Gasteiger partial charge in [0, 0.05) is 25.4 Å². The van der Waals surface area contributed by atoms with E-state index in [1.165, 1.54) is 0 Å². The number of methoxy groups -OCH3 is 2. The van der Waals surface area contributed by atoms with Crippen LogP contribution in [0.25, 0.3) is 0 Å². The molecule has 0 saturated carbocycles. The topological polar surface area (TPSA) is 30.5 Å². The van der Waals surface area contributed by atoms with Gasteiger partial charge in [0.05, 0.1) is 12.7 Å². The average molecular weight is 223 g/mol. The summed E-state index contributed by atoms with van der Waals surface area (Å²) >= 11 is 0. The number of benzene rings is 1. The summed E-state index contributed by atoms with van der Waals surface area (Å²) in [6.45, 7) is 5.05. The zero-order chi connectivity index (χ0) is 12.0. The van der Waals surface area contributed by atoms with Crippen LogP contribution in [0.1, 0.15) is 20.3 Å². The Kier molecular flexibility index (Phi) is 4.62. The second-order valence-corrected chi connectivity index (χ2v) is 4.37. The Hall–Kier alpha value is -1.22. The molecule has 1 aromatic carbocycles. The molecule has 90 valence electrons. The molecule has 0 aliphatic carbocycles. The molecule has 3 heteroatoms. The maximum atomic E-state index is 5.36. The van der Waals surface area contributed by atoms with Gasteiger partial charge in [0.25, 0.3) is 0 Å². The maximum Gasteiger partial charge on any atom is 0.120 e. The van der Waals surface area contributed by atoms with Crippen LogP contribution in [0.15, 0.2) is 24.3 Å². The van der Waals surface area contributed by atoms with E-state index in [9.17, 15) is 0 Å². The van der Waals surface area contributed by atoms with Gasteiger partial charge in [-0.3, -0.25) is 0 Å². The summed E-state index contributed by atoms with van der Waals surface area (Å²) < 4.78 is 10.5. The Morgan fingerprint density at radius 3 is 2.62 bits per heavy atom. The van der Waals surface area contributed by atoms with E-state index in [2.05, 4.69) is 19.2 Å². The molecule has 0 aliphatic heterocycles. The number of rotatable bonds is 6. The van der Waals surface area contributed by atoms with Crippen LogP contribution in [0.5, 0.6) is 5.75 Å². The van der Waals surface area contributed by atoms with Crippen LogP contribution in [0.3, 0.4) is 0 Å². The summed E-state index contributed by atoms with van der Waals surface area (Å²) in [5.41, 5.74) is 0.998. The molecule has 16 heavy (non-hydrogen) atoms. The van der Waals surface area contributed by atoms with Crippen molar-refractivity contribution in [1.82, 2.24) is 0 Å². The first-order chi connectivity index (χ1) is 7.57. The summed E-state index contributed by atoms with van der Waals surface area (Å²) in [5.74, 6) is 0.871. The summed E-state index contributed by atoms with van der Waals surface area (Å²) in [6, 6.07) is 7.93. The molecular weight excluding hydrogens is 202 g/mol. The lowest BCUT2D eigenvalue weighted by atomic mass is 10.1. The van der Waals surface area contributed by atoms with Crippen molar-refractivity contribution in [3.8, 4) is 5.75 Å². The fourth-order valence-corrected chi connectivity index (χ4v) is 1.34. The van der Waals surface area contributed by atoms with Crippen molar-refractivity contribution in [2.45, 2.75) is 25.9 Å². The monoisotopic (exact) mass is 223 g/mol. The lowest BCUT2D eigenvalue weighted by Crippen LogP contribution is -2.25. The normalized spacial score (nSPS) is 11.2. The van der Waals surface area contributed by atoms with Crippen LogP contribution in [0, 0.1) is 0 Å². The molecule has 3 nitrogen and oxygen atoms in total. The van der Waals surface area contributed by atoms with Gasteiger partial charge in [-0.15, -0.1) is 0 Å². The summed E-state index contributed by atoms with van der Waals surface area (Å²) in [5, 5.41) is 3.35. The number of nitrogens with one attached hydrogen (secondary N) is 1. The van der Waals surface area contributed by atoms with E-state index < -0.39 is 0 Å². The molecule has 0 unspecified atom stereocenters. The molecule has 1 aromatic rings. The maximum absolute atomic E-state index is 5.36. The van der Waals surface area contributed by atoms with Gasteiger partial charge in [0.1, 0.15) is 5.75 Å². The Bertz CT molecular complexity index is 323. The minimum Gasteiger partial charge on any atom is -0.497 e. The van der Waals surface area contributed by atoms with Crippen molar-refractivity contribution < 1.29 is 9.47 Å². The first-order valence-electron chi connectivity index (χ1n) is 5.50. The van der Waals surface area contributed by atoms with Crippen molar-refractivity contribution in [1.29, 1.82) is 0 Å². The van der Waals surface area contributed by atoms with Crippen LogP contribution in [0.2, 0.25) is 0 Å². The quantitative estimate of drug-likeness (QED) is 0.804. The van der Waals surface area contributed by atoms with Gasteiger partial charge >= 0.3 is 0 Å². The van der Waals surface area contributed by atoms with Crippen LogP contribution in [-0.4, -0.2) is 26.4 Å². The SMILES string of the molecule is COc1cccc(NCCC(C)(C)OC)c1.